The summed E-state index contributed by atoms with van der Waals surface area (Å²) < 4.78 is 0. The molecular weight excluding hydrogens is 344 g/mol. The molecule has 0 saturated carbocycles. The number of aromatic hydroxyl groups is 2. The Labute approximate surface area is 162 Å². The highest BCUT2D eigenvalue weighted by molar-refractivity contribution is 6.11. The minimum absolute atomic E-state index is 0.157. The molecule has 2 heteroatoms. The molecule has 0 fully saturated rings. The summed E-state index contributed by atoms with van der Waals surface area (Å²) in [4.78, 5) is 0. The Morgan fingerprint density at radius 3 is 1.86 bits per heavy atom. The van der Waals surface area contributed by atoms with E-state index in [-0.39, 0.29) is 11.5 Å². The Morgan fingerprint density at radius 1 is 0.500 bits per heavy atom. The average Bonchev–Trinajstić information content (AvgIpc) is 2.75. The van der Waals surface area contributed by atoms with Crippen molar-refractivity contribution in [3.05, 3.63) is 97.1 Å². The third kappa shape index (κ3) is 2.50. The first-order chi connectivity index (χ1) is 13.7. The van der Waals surface area contributed by atoms with Gasteiger partial charge in [0.25, 0.3) is 0 Å². The molecule has 0 bridgehead atoms. The van der Waals surface area contributed by atoms with E-state index in [1.807, 2.05) is 91.0 Å². The molecule has 0 amide bonds. The predicted molar refractivity (Wildman–Crippen MR) is 116 cm³/mol. The number of phenolic OH excluding ortho intramolecular Hbond substituents is 2. The van der Waals surface area contributed by atoms with Crippen molar-refractivity contribution in [2.24, 2.45) is 0 Å². The van der Waals surface area contributed by atoms with E-state index in [0.717, 1.165) is 32.7 Å². The number of rotatable bonds is 2. The van der Waals surface area contributed by atoms with Crippen molar-refractivity contribution in [3.63, 3.8) is 0 Å². The van der Waals surface area contributed by atoms with Crippen molar-refractivity contribution >= 4 is 21.5 Å². The maximum atomic E-state index is 11.4. The van der Waals surface area contributed by atoms with Gasteiger partial charge in [-0.3, -0.25) is 0 Å². The number of phenols is 2. The van der Waals surface area contributed by atoms with Crippen molar-refractivity contribution in [2.45, 2.75) is 0 Å². The first-order valence-electron chi connectivity index (χ1n) is 9.25. The summed E-state index contributed by atoms with van der Waals surface area (Å²) >= 11 is 0. The van der Waals surface area contributed by atoms with Crippen LogP contribution >= 0.6 is 0 Å². The fraction of sp³-hybridized carbons (Fsp3) is 0. The standard InChI is InChI=1S/C26H18O2/c27-23-15-14-18-10-4-6-12-20(18)24(23)25-21-13-7-5-11-19(21)16-22(26(25)28)17-8-2-1-3-9-17/h1-16,27-28H. The normalized spacial score (nSPS) is 11.1. The summed E-state index contributed by atoms with van der Waals surface area (Å²) in [5.74, 6) is 0.334. The van der Waals surface area contributed by atoms with E-state index in [9.17, 15) is 10.2 Å². The molecule has 0 aromatic heterocycles. The van der Waals surface area contributed by atoms with E-state index >= 15 is 0 Å². The summed E-state index contributed by atoms with van der Waals surface area (Å²) in [5.41, 5.74) is 3.00. The third-order valence-corrected chi connectivity index (χ3v) is 5.26. The molecule has 28 heavy (non-hydrogen) atoms. The van der Waals surface area contributed by atoms with E-state index < -0.39 is 0 Å². The van der Waals surface area contributed by atoms with Crippen molar-refractivity contribution in [2.75, 3.05) is 0 Å². The molecule has 0 radical (unpaired) electrons. The Bertz CT molecular complexity index is 1320. The molecule has 5 aromatic carbocycles. The van der Waals surface area contributed by atoms with Crippen LogP contribution < -0.4 is 0 Å². The maximum absolute atomic E-state index is 11.4. The number of benzene rings is 5. The van der Waals surface area contributed by atoms with Crippen molar-refractivity contribution in [1.29, 1.82) is 0 Å². The van der Waals surface area contributed by atoms with Crippen LogP contribution in [0.15, 0.2) is 97.1 Å². The lowest BCUT2D eigenvalue weighted by molar-refractivity contribution is 0.471. The first kappa shape index (κ1) is 16.4. The molecule has 0 unspecified atom stereocenters. The highest BCUT2D eigenvalue weighted by atomic mass is 16.3. The minimum Gasteiger partial charge on any atom is -0.507 e. The van der Waals surface area contributed by atoms with Crippen LogP contribution in [0, 0.1) is 0 Å². The SMILES string of the molecule is Oc1ccc2ccccc2c1-c1c(O)c(-c2ccccc2)cc2ccccc12. The second kappa shape index (κ2) is 6.43. The number of hydrogen-bond acceptors (Lipinski definition) is 2. The fourth-order valence-electron chi connectivity index (χ4n) is 3.95. The molecule has 0 aliphatic heterocycles. The van der Waals surface area contributed by atoms with E-state index in [1.54, 1.807) is 6.07 Å². The smallest absolute Gasteiger partial charge is 0.132 e. The molecule has 0 spiro atoms. The minimum atomic E-state index is 0.157. The van der Waals surface area contributed by atoms with Crippen LogP contribution in [0.3, 0.4) is 0 Å². The number of hydrogen-bond donors (Lipinski definition) is 2. The van der Waals surface area contributed by atoms with Gasteiger partial charge < -0.3 is 10.2 Å². The molecule has 0 saturated heterocycles. The maximum Gasteiger partial charge on any atom is 0.132 e. The number of fused-ring (bicyclic) bond motifs is 2. The zero-order chi connectivity index (χ0) is 19.1. The van der Waals surface area contributed by atoms with Gasteiger partial charge in [-0.1, -0.05) is 84.9 Å². The van der Waals surface area contributed by atoms with Crippen LogP contribution in [0.25, 0.3) is 43.8 Å². The van der Waals surface area contributed by atoms with Crippen LogP contribution in [0.1, 0.15) is 0 Å². The van der Waals surface area contributed by atoms with Gasteiger partial charge in [0.05, 0.1) is 0 Å². The zero-order valence-electron chi connectivity index (χ0n) is 15.1. The van der Waals surface area contributed by atoms with Crippen LogP contribution in [-0.2, 0) is 0 Å². The molecule has 134 valence electrons. The zero-order valence-corrected chi connectivity index (χ0v) is 15.1. The highest BCUT2D eigenvalue weighted by Gasteiger charge is 2.20. The Hall–Kier alpha value is -3.78. The average molecular weight is 362 g/mol. The predicted octanol–water partition coefficient (Wildman–Crippen LogP) is 6.74. The highest BCUT2D eigenvalue weighted by Crippen LogP contribution is 2.48. The monoisotopic (exact) mass is 362 g/mol. The first-order valence-corrected chi connectivity index (χ1v) is 9.25. The van der Waals surface area contributed by atoms with Crippen LogP contribution in [0.4, 0.5) is 0 Å². The molecule has 5 aromatic rings. The van der Waals surface area contributed by atoms with Crippen molar-refractivity contribution < 1.29 is 10.2 Å². The third-order valence-electron chi connectivity index (χ3n) is 5.26. The van der Waals surface area contributed by atoms with Gasteiger partial charge in [-0.2, -0.15) is 0 Å². The van der Waals surface area contributed by atoms with Gasteiger partial charge in [0.15, 0.2) is 0 Å². The molecule has 0 heterocycles. The van der Waals surface area contributed by atoms with Crippen molar-refractivity contribution in [3.8, 4) is 33.8 Å². The van der Waals surface area contributed by atoms with Gasteiger partial charge >= 0.3 is 0 Å². The van der Waals surface area contributed by atoms with E-state index in [1.165, 1.54) is 0 Å². The summed E-state index contributed by atoms with van der Waals surface area (Å²) in [6, 6.07) is 31.3. The Kier molecular flexibility index (Phi) is 3.77. The largest absolute Gasteiger partial charge is 0.507 e. The van der Waals surface area contributed by atoms with Gasteiger partial charge in [0, 0.05) is 16.7 Å². The van der Waals surface area contributed by atoms with Crippen LogP contribution in [0.5, 0.6) is 11.5 Å². The molecule has 5 rings (SSSR count). The van der Waals surface area contributed by atoms with E-state index in [4.69, 9.17) is 0 Å². The molecule has 2 N–H and O–H groups in total. The van der Waals surface area contributed by atoms with Gasteiger partial charge in [0.2, 0.25) is 0 Å². The van der Waals surface area contributed by atoms with Gasteiger partial charge in [-0.25, -0.2) is 0 Å². The molecule has 0 aliphatic rings. The second-order valence-electron chi connectivity index (χ2n) is 6.92. The molecule has 0 atom stereocenters. The quantitative estimate of drug-likeness (QED) is 0.365. The van der Waals surface area contributed by atoms with E-state index in [0.29, 0.717) is 11.1 Å². The van der Waals surface area contributed by atoms with Gasteiger partial charge in [-0.05, 0) is 39.2 Å². The van der Waals surface area contributed by atoms with Crippen LogP contribution in [0.2, 0.25) is 0 Å². The van der Waals surface area contributed by atoms with Gasteiger partial charge in [0.1, 0.15) is 11.5 Å². The topological polar surface area (TPSA) is 40.5 Å². The lowest BCUT2D eigenvalue weighted by Crippen LogP contribution is -1.90. The second-order valence-corrected chi connectivity index (χ2v) is 6.92. The molecular formula is C26H18O2. The lowest BCUT2D eigenvalue weighted by atomic mass is 9.89. The lowest BCUT2D eigenvalue weighted by Gasteiger charge is -2.17. The molecule has 2 nitrogen and oxygen atoms in total. The summed E-state index contributed by atoms with van der Waals surface area (Å²) in [7, 11) is 0. The van der Waals surface area contributed by atoms with Crippen molar-refractivity contribution in [1.82, 2.24) is 0 Å². The molecule has 0 aliphatic carbocycles. The Balaban J connectivity index is 1.96. The summed E-state index contributed by atoms with van der Waals surface area (Å²) in [6.07, 6.45) is 0. The van der Waals surface area contributed by atoms with E-state index in [2.05, 4.69) is 0 Å². The van der Waals surface area contributed by atoms with Crippen LogP contribution in [-0.4, -0.2) is 10.2 Å². The summed E-state index contributed by atoms with van der Waals surface area (Å²) in [6.45, 7) is 0. The fourth-order valence-corrected chi connectivity index (χ4v) is 3.95. The van der Waals surface area contributed by atoms with Gasteiger partial charge in [-0.15, -0.1) is 0 Å². The summed E-state index contributed by atoms with van der Waals surface area (Å²) in [5, 5.41) is 26.0. The Morgan fingerprint density at radius 2 is 1.11 bits per heavy atom.